The fraction of sp³-hybridized carbons (Fsp3) is 0. The van der Waals surface area contributed by atoms with Crippen molar-refractivity contribution in [3.05, 3.63) is 30.2 Å². The van der Waals surface area contributed by atoms with Gasteiger partial charge in [0.25, 0.3) is 0 Å². The van der Waals surface area contributed by atoms with Crippen LogP contribution in [0.3, 0.4) is 0 Å². The Morgan fingerprint density at radius 3 is 3.00 bits per heavy atom. The van der Waals surface area contributed by atoms with E-state index in [-0.39, 0.29) is 0 Å². The molecule has 0 radical (unpaired) electrons. The molecule has 1 heterocycles. The van der Waals surface area contributed by atoms with Crippen LogP contribution in [0.15, 0.2) is 24.5 Å². The van der Waals surface area contributed by atoms with Gasteiger partial charge in [-0.25, -0.2) is 4.75 Å². The molecule has 0 N–H and O–H groups in total. The van der Waals surface area contributed by atoms with Crippen LogP contribution in [0, 0.1) is 0 Å². The first-order valence-electron chi connectivity index (χ1n) is 2.33. The first kappa shape index (κ1) is 5.46. The average Bonchev–Trinajstić information content (AvgIpc) is 1.90. The molecule has 0 saturated heterocycles. The number of nitrogens with zero attached hydrogens (tertiary/aromatic N) is 1. The lowest BCUT2D eigenvalue weighted by molar-refractivity contribution is 1.48. The summed E-state index contributed by atoms with van der Waals surface area (Å²) in [6.45, 7) is 3.58. The minimum atomic E-state index is 0.967. The van der Waals surface area contributed by atoms with E-state index in [9.17, 15) is 0 Å². The summed E-state index contributed by atoms with van der Waals surface area (Å²) in [6, 6.07) is 3.91. The van der Waals surface area contributed by atoms with E-state index in [1.54, 1.807) is 6.08 Å². The van der Waals surface area contributed by atoms with Crippen molar-refractivity contribution in [2.45, 2.75) is 0 Å². The lowest BCUT2D eigenvalue weighted by Gasteiger charge is -1.83. The Morgan fingerprint density at radius 2 is 2.62 bits per heavy atom. The van der Waals surface area contributed by atoms with Crippen LogP contribution in [0.5, 0.6) is 0 Å². The summed E-state index contributed by atoms with van der Waals surface area (Å²) in [5, 5.41) is 0. The topological polar surface area (TPSA) is 12.9 Å². The van der Waals surface area contributed by atoms with E-state index in [0.717, 1.165) is 14.0 Å². The lowest BCUT2D eigenvalue weighted by Crippen LogP contribution is -1.68. The summed E-state index contributed by atoms with van der Waals surface area (Å²) in [5.74, 6) is 1.98. The molecule has 0 spiro atoms. The molecule has 1 aromatic heterocycles. The van der Waals surface area contributed by atoms with E-state index >= 15 is 0 Å². The Balaban J connectivity index is 2.99. The second kappa shape index (κ2) is 2.58. The smallest absolute Gasteiger partial charge is 0.0673 e. The zero-order valence-electron chi connectivity index (χ0n) is 4.41. The SMILES string of the molecule is C=Cc1cccpn1. The van der Waals surface area contributed by atoms with Crippen LogP contribution in [0.2, 0.25) is 0 Å². The van der Waals surface area contributed by atoms with E-state index in [2.05, 4.69) is 11.3 Å². The average molecular weight is 123 g/mol. The Kier molecular flexibility index (Phi) is 1.76. The molecule has 40 valence electrons. The highest BCUT2D eigenvalue weighted by Crippen LogP contribution is 2.01. The van der Waals surface area contributed by atoms with Gasteiger partial charge in [0, 0.05) is 8.35 Å². The molecule has 0 aromatic carbocycles. The Bertz CT molecular complexity index is 171. The summed E-state index contributed by atoms with van der Waals surface area (Å²) in [4.78, 5) is 0. The largest absolute Gasteiger partial charge is 0.228 e. The van der Waals surface area contributed by atoms with Gasteiger partial charge in [-0.05, 0) is 17.9 Å². The highest BCUT2D eigenvalue weighted by atomic mass is 31.0. The van der Waals surface area contributed by atoms with Crippen molar-refractivity contribution in [3.63, 3.8) is 0 Å². The van der Waals surface area contributed by atoms with Gasteiger partial charge in [-0.3, -0.25) is 0 Å². The predicted octanol–water partition coefficient (Wildman–Crippen LogP) is 2.30. The van der Waals surface area contributed by atoms with Gasteiger partial charge in [0.1, 0.15) is 0 Å². The van der Waals surface area contributed by atoms with Crippen molar-refractivity contribution in [3.8, 4) is 0 Å². The van der Waals surface area contributed by atoms with Gasteiger partial charge < -0.3 is 0 Å². The van der Waals surface area contributed by atoms with Crippen molar-refractivity contribution in [1.82, 2.24) is 4.75 Å². The molecule has 8 heavy (non-hydrogen) atoms. The number of hydrogen-bond acceptors (Lipinski definition) is 1. The van der Waals surface area contributed by atoms with Crippen LogP contribution < -0.4 is 0 Å². The van der Waals surface area contributed by atoms with Crippen molar-refractivity contribution in [2.24, 2.45) is 0 Å². The van der Waals surface area contributed by atoms with E-state index in [1.165, 1.54) is 0 Å². The molecule has 0 bridgehead atoms. The highest BCUT2D eigenvalue weighted by molar-refractivity contribution is 7.24. The lowest BCUT2D eigenvalue weighted by atomic mass is 10.4. The van der Waals surface area contributed by atoms with Gasteiger partial charge in [-0.15, -0.1) is 0 Å². The molecule has 0 saturated carbocycles. The molecule has 0 fully saturated rings. The molecule has 0 aliphatic heterocycles. The van der Waals surface area contributed by atoms with Crippen LogP contribution in [0.4, 0.5) is 0 Å². The van der Waals surface area contributed by atoms with Gasteiger partial charge in [-0.1, -0.05) is 12.6 Å². The molecule has 0 aliphatic rings. The zero-order chi connectivity index (χ0) is 5.82. The van der Waals surface area contributed by atoms with Crippen LogP contribution in [-0.4, -0.2) is 4.75 Å². The van der Waals surface area contributed by atoms with Crippen LogP contribution in [0.1, 0.15) is 5.69 Å². The molecule has 2 heteroatoms. The summed E-state index contributed by atoms with van der Waals surface area (Å²) < 4.78 is 4.08. The number of hydrogen-bond donors (Lipinski definition) is 0. The Hall–Kier alpha value is -0.680. The van der Waals surface area contributed by atoms with Crippen molar-refractivity contribution in [2.75, 3.05) is 0 Å². The maximum atomic E-state index is 4.08. The molecular weight excluding hydrogens is 117 g/mol. The molecule has 0 amide bonds. The highest BCUT2D eigenvalue weighted by Gasteiger charge is 1.78. The molecule has 0 atom stereocenters. The molecule has 0 unspecified atom stereocenters. The Morgan fingerprint density at radius 1 is 1.75 bits per heavy atom. The molecular formula is C6H6NP. The minimum Gasteiger partial charge on any atom is -0.228 e. The summed E-state index contributed by atoms with van der Waals surface area (Å²) in [5.41, 5.74) is 0.967. The van der Waals surface area contributed by atoms with Gasteiger partial charge in [0.15, 0.2) is 0 Å². The van der Waals surface area contributed by atoms with Crippen molar-refractivity contribution >= 4 is 14.4 Å². The second-order valence-corrected chi connectivity index (χ2v) is 2.08. The number of aromatic nitrogens is 1. The van der Waals surface area contributed by atoms with Gasteiger partial charge in [0.05, 0.1) is 5.69 Å². The predicted molar refractivity (Wildman–Crippen MR) is 36.8 cm³/mol. The van der Waals surface area contributed by atoms with E-state index in [4.69, 9.17) is 0 Å². The van der Waals surface area contributed by atoms with Crippen LogP contribution in [0.25, 0.3) is 6.08 Å². The second-order valence-electron chi connectivity index (χ2n) is 1.35. The van der Waals surface area contributed by atoms with Crippen molar-refractivity contribution < 1.29 is 0 Å². The first-order valence-corrected chi connectivity index (χ1v) is 3.25. The van der Waals surface area contributed by atoms with Gasteiger partial charge in [-0.2, -0.15) is 0 Å². The van der Waals surface area contributed by atoms with Crippen molar-refractivity contribution in [1.29, 1.82) is 0 Å². The third-order valence-corrected chi connectivity index (χ3v) is 1.45. The summed E-state index contributed by atoms with van der Waals surface area (Å²) in [6.07, 6.45) is 1.75. The molecule has 1 rings (SSSR count). The van der Waals surface area contributed by atoms with E-state index < -0.39 is 0 Å². The third kappa shape index (κ3) is 1.14. The maximum absolute atomic E-state index is 4.08. The molecule has 0 aliphatic carbocycles. The monoisotopic (exact) mass is 123 g/mol. The summed E-state index contributed by atoms with van der Waals surface area (Å²) >= 11 is 0. The molecule has 1 aromatic rings. The minimum absolute atomic E-state index is 0.967. The summed E-state index contributed by atoms with van der Waals surface area (Å²) in [7, 11) is 1.01. The quantitative estimate of drug-likeness (QED) is 0.558. The van der Waals surface area contributed by atoms with E-state index in [0.29, 0.717) is 0 Å². The normalized spacial score (nSPS) is 9.50. The van der Waals surface area contributed by atoms with E-state index in [1.807, 2.05) is 17.9 Å². The first-order chi connectivity index (χ1) is 3.93. The van der Waals surface area contributed by atoms with Gasteiger partial charge >= 0.3 is 0 Å². The fourth-order valence-corrected chi connectivity index (χ4v) is 0.934. The zero-order valence-corrected chi connectivity index (χ0v) is 5.31. The molecule has 1 nitrogen and oxygen atoms in total. The maximum Gasteiger partial charge on any atom is 0.0673 e. The number of rotatable bonds is 1. The fourth-order valence-electron chi connectivity index (χ4n) is 0.422. The Labute approximate surface area is 50.2 Å². The standard InChI is InChI=1S/C6H6NP/c1-2-6-4-3-5-8-7-6/h2-5H,1H2. The van der Waals surface area contributed by atoms with Gasteiger partial charge in [0.2, 0.25) is 0 Å². The third-order valence-electron chi connectivity index (χ3n) is 0.802. The van der Waals surface area contributed by atoms with Crippen LogP contribution in [-0.2, 0) is 0 Å². The van der Waals surface area contributed by atoms with Crippen LogP contribution >= 0.6 is 8.35 Å².